The minimum absolute atomic E-state index is 0.164. The summed E-state index contributed by atoms with van der Waals surface area (Å²) in [6.07, 6.45) is 3.54. The zero-order valence-electron chi connectivity index (χ0n) is 20.2. The second-order valence-electron chi connectivity index (χ2n) is 8.25. The second-order valence-corrected chi connectivity index (χ2v) is 8.25. The second kappa shape index (κ2) is 10.4. The lowest BCUT2D eigenvalue weighted by atomic mass is 9.93. The van der Waals surface area contributed by atoms with Gasteiger partial charge in [-0.15, -0.1) is 0 Å². The summed E-state index contributed by atoms with van der Waals surface area (Å²) in [5.41, 5.74) is 9.37. The maximum Gasteiger partial charge on any atom is 0.337 e. The van der Waals surface area contributed by atoms with E-state index in [1.54, 1.807) is 42.5 Å². The number of aromatic carboxylic acids is 1. The van der Waals surface area contributed by atoms with Gasteiger partial charge in [-0.3, -0.25) is 4.79 Å². The standard InChI is InChI=1S/C27H24N2O4.CH5N/c1-14-9-20(17(4)29-22-8-6-5-7-19(22)27(31)32)26-21(10-14)23(30)13-24(33-26)18-11-15(2)25(28)16(3)12-18;1-2/h5-13,17,28-29H,2H2,1,3-4H3,(H,31,32);2H2,1H3. The van der Waals surface area contributed by atoms with Crippen LogP contribution in [0.2, 0.25) is 0 Å². The van der Waals surface area contributed by atoms with E-state index in [0.717, 1.165) is 16.7 Å². The van der Waals surface area contributed by atoms with Gasteiger partial charge in [0.1, 0.15) is 11.3 Å². The predicted molar refractivity (Wildman–Crippen MR) is 141 cm³/mol. The summed E-state index contributed by atoms with van der Waals surface area (Å²) < 4.78 is 6.26. The van der Waals surface area contributed by atoms with Crippen LogP contribution in [-0.2, 0) is 0 Å². The summed E-state index contributed by atoms with van der Waals surface area (Å²) >= 11 is 0. The van der Waals surface area contributed by atoms with Crippen LogP contribution >= 0.6 is 0 Å². The number of allylic oxidation sites excluding steroid dienone is 5. The van der Waals surface area contributed by atoms with Gasteiger partial charge in [0.2, 0.25) is 0 Å². The molecule has 0 fully saturated rings. The number of fused-ring (bicyclic) bond motifs is 1. The molecule has 180 valence electrons. The maximum absolute atomic E-state index is 13.0. The summed E-state index contributed by atoms with van der Waals surface area (Å²) in [4.78, 5) is 24.6. The number of benzene rings is 2. The first-order valence-corrected chi connectivity index (χ1v) is 11.1. The minimum atomic E-state index is -1.02. The summed E-state index contributed by atoms with van der Waals surface area (Å²) in [6, 6.07) is 11.5. The molecule has 1 unspecified atom stereocenters. The van der Waals surface area contributed by atoms with Crippen molar-refractivity contribution in [1.29, 1.82) is 5.41 Å². The van der Waals surface area contributed by atoms with Crippen LogP contribution in [-0.4, -0.2) is 23.8 Å². The van der Waals surface area contributed by atoms with Crippen molar-refractivity contribution >= 4 is 33.9 Å². The van der Waals surface area contributed by atoms with E-state index < -0.39 is 5.97 Å². The molecule has 5 N–H and O–H groups in total. The number of anilines is 1. The molecular formula is C28H29N3O4. The van der Waals surface area contributed by atoms with Crippen molar-refractivity contribution in [3.8, 4) is 0 Å². The van der Waals surface area contributed by atoms with Gasteiger partial charge in [-0.1, -0.05) is 24.8 Å². The molecule has 4 rings (SSSR count). The third kappa shape index (κ3) is 5.15. The number of hydrogen-bond donors (Lipinski definition) is 4. The van der Waals surface area contributed by atoms with Gasteiger partial charge in [-0.2, -0.15) is 0 Å². The van der Waals surface area contributed by atoms with Gasteiger partial charge in [0.25, 0.3) is 0 Å². The highest BCUT2D eigenvalue weighted by Crippen LogP contribution is 2.32. The van der Waals surface area contributed by atoms with Crippen LogP contribution in [0.5, 0.6) is 0 Å². The van der Waals surface area contributed by atoms with Gasteiger partial charge < -0.3 is 26.0 Å². The third-order valence-corrected chi connectivity index (χ3v) is 5.70. The van der Waals surface area contributed by atoms with E-state index >= 15 is 0 Å². The summed E-state index contributed by atoms with van der Waals surface area (Å²) in [5.74, 6) is -0.630. The number of aryl methyl sites for hydroxylation is 1. The first-order chi connectivity index (χ1) is 16.7. The molecule has 0 saturated heterocycles. The van der Waals surface area contributed by atoms with E-state index in [4.69, 9.17) is 9.83 Å². The number of carboxylic acids is 1. The fourth-order valence-corrected chi connectivity index (χ4v) is 4.01. The van der Waals surface area contributed by atoms with Crippen molar-refractivity contribution in [2.45, 2.75) is 26.8 Å². The Bertz CT molecular complexity index is 1460. The van der Waals surface area contributed by atoms with Gasteiger partial charge >= 0.3 is 5.97 Å². The lowest BCUT2D eigenvalue weighted by molar-refractivity contribution is 0.0698. The van der Waals surface area contributed by atoms with Gasteiger partial charge in [-0.05, 0) is 74.9 Å². The zero-order chi connectivity index (χ0) is 25.9. The Labute approximate surface area is 203 Å². The molecule has 0 radical (unpaired) electrons. The van der Waals surface area contributed by atoms with Crippen LogP contribution in [0.3, 0.4) is 0 Å². The van der Waals surface area contributed by atoms with Crippen LogP contribution in [0, 0.1) is 12.3 Å². The van der Waals surface area contributed by atoms with Crippen molar-refractivity contribution in [1.82, 2.24) is 0 Å². The smallest absolute Gasteiger partial charge is 0.337 e. The Balaban J connectivity index is 0.00000167. The van der Waals surface area contributed by atoms with E-state index in [9.17, 15) is 14.7 Å². The molecule has 0 aliphatic heterocycles. The molecule has 7 heteroatoms. The molecule has 1 heterocycles. The first-order valence-electron chi connectivity index (χ1n) is 11.1. The fraction of sp³-hybridized carbons (Fsp3) is 0.179. The van der Waals surface area contributed by atoms with Crippen molar-refractivity contribution in [2.75, 3.05) is 12.4 Å². The monoisotopic (exact) mass is 471 g/mol. The molecule has 1 aliphatic rings. The lowest BCUT2D eigenvalue weighted by Crippen LogP contribution is -2.13. The average Bonchev–Trinajstić information content (AvgIpc) is 2.83. The molecule has 1 atom stereocenters. The molecule has 3 aromatic rings. The largest absolute Gasteiger partial charge is 0.478 e. The predicted octanol–water partition coefficient (Wildman–Crippen LogP) is 5.47. The Hall–Kier alpha value is -4.23. The van der Waals surface area contributed by atoms with E-state index in [0.29, 0.717) is 39.3 Å². The van der Waals surface area contributed by atoms with Crippen LogP contribution in [0.25, 0.3) is 16.5 Å². The molecule has 2 aromatic carbocycles. The molecule has 0 saturated carbocycles. The molecule has 7 nitrogen and oxygen atoms in total. The van der Waals surface area contributed by atoms with E-state index in [1.165, 1.54) is 13.1 Å². The van der Waals surface area contributed by atoms with Crippen LogP contribution in [0.15, 0.2) is 81.6 Å². The van der Waals surface area contributed by atoms with E-state index in [-0.39, 0.29) is 17.0 Å². The number of nitrogens with one attached hydrogen (secondary N) is 2. The zero-order valence-corrected chi connectivity index (χ0v) is 20.2. The molecule has 1 aromatic heterocycles. The Morgan fingerprint density at radius 1 is 1.14 bits per heavy atom. The molecule has 0 amide bonds. The molecule has 0 spiro atoms. The first kappa shape index (κ1) is 25.4. The highest BCUT2D eigenvalue weighted by atomic mass is 16.4. The van der Waals surface area contributed by atoms with Gasteiger partial charge in [0.15, 0.2) is 5.43 Å². The number of nitrogens with two attached hydrogens (primary N) is 1. The highest BCUT2D eigenvalue weighted by Gasteiger charge is 2.20. The summed E-state index contributed by atoms with van der Waals surface area (Å²) in [5, 5.41) is 21.3. The van der Waals surface area contributed by atoms with Gasteiger partial charge in [0, 0.05) is 22.9 Å². The van der Waals surface area contributed by atoms with Crippen LogP contribution < -0.4 is 16.5 Å². The molecule has 0 bridgehead atoms. The van der Waals surface area contributed by atoms with Crippen molar-refractivity contribution < 1.29 is 14.3 Å². The lowest BCUT2D eigenvalue weighted by Gasteiger charge is -2.20. The van der Waals surface area contributed by atoms with Crippen molar-refractivity contribution in [2.24, 2.45) is 5.73 Å². The normalized spacial score (nSPS) is 14.0. The van der Waals surface area contributed by atoms with Crippen molar-refractivity contribution in [3.05, 3.63) is 105 Å². The Morgan fingerprint density at radius 3 is 2.49 bits per heavy atom. The topological polar surface area (TPSA) is 129 Å². The number of carbonyl (C=O) groups is 1. The Kier molecular flexibility index (Phi) is 7.52. The van der Waals surface area contributed by atoms with Crippen LogP contribution in [0.1, 0.15) is 47.1 Å². The summed E-state index contributed by atoms with van der Waals surface area (Å²) in [7, 11) is 1.50. The average molecular weight is 472 g/mol. The Morgan fingerprint density at radius 2 is 1.83 bits per heavy atom. The maximum atomic E-state index is 13.0. The van der Waals surface area contributed by atoms with E-state index in [1.807, 2.05) is 26.8 Å². The highest BCUT2D eigenvalue weighted by molar-refractivity contribution is 6.15. The fourth-order valence-electron chi connectivity index (χ4n) is 4.01. The van der Waals surface area contributed by atoms with Gasteiger partial charge in [-0.25, -0.2) is 4.79 Å². The minimum Gasteiger partial charge on any atom is -0.478 e. The molecule has 35 heavy (non-hydrogen) atoms. The van der Waals surface area contributed by atoms with Crippen LogP contribution in [0.4, 0.5) is 5.69 Å². The van der Waals surface area contributed by atoms with Crippen molar-refractivity contribution in [3.63, 3.8) is 0 Å². The van der Waals surface area contributed by atoms with E-state index in [2.05, 4.69) is 17.6 Å². The summed E-state index contributed by atoms with van der Waals surface area (Å²) in [6.45, 7) is 9.53. The quantitative estimate of drug-likeness (QED) is 0.391. The molecule has 1 aliphatic carbocycles. The number of hydrogen-bond acceptors (Lipinski definition) is 6. The number of rotatable bonds is 5. The SMILES string of the molecule is C=C1C=C(c2cc(=O)c3cc(C)cc(C(C)Nc4ccccc4C(=O)O)c3o2)C=C(C)C1=N.CN. The number of para-hydroxylation sites is 1. The molecular weight excluding hydrogens is 442 g/mol. The third-order valence-electron chi connectivity index (χ3n) is 5.70. The number of carboxylic acid groups (broad SMARTS) is 1. The van der Waals surface area contributed by atoms with Gasteiger partial charge in [0.05, 0.1) is 22.7 Å².